The van der Waals surface area contributed by atoms with Crippen LogP contribution in [0.1, 0.15) is 60.3 Å². The molecule has 1 atom stereocenters. The topological polar surface area (TPSA) is 61.8 Å². The molecule has 1 aliphatic carbocycles. The number of carbonyl (C=O) groups is 1. The van der Waals surface area contributed by atoms with Crippen molar-refractivity contribution in [1.29, 1.82) is 0 Å². The van der Waals surface area contributed by atoms with Crippen molar-refractivity contribution >= 4 is 6.09 Å². The van der Waals surface area contributed by atoms with Gasteiger partial charge in [-0.2, -0.15) is 0 Å². The van der Waals surface area contributed by atoms with Crippen molar-refractivity contribution in [2.75, 3.05) is 26.2 Å². The fourth-order valence-electron chi connectivity index (χ4n) is 2.96. The van der Waals surface area contributed by atoms with Crippen molar-refractivity contribution in [2.24, 2.45) is 11.8 Å². The van der Waals surface area contributed by atoms with Gasteiger partial charge in [0.25, 0.3) is 0 Å². The van der Waals surface area contributed by atoms with Crippen LogP contribution in [0.15, 0.2) is 0 Å². The van der Waals surface area contributed by atoms with Crippen LogP contribution in [0.3, 0.4) is 0 Å². The molecule has 0 aromatic carbocycles. The van der Waals surface area contributed by atoms with Gasteiger partial charge in [0.2, 0.25) is 0 Å². The number of aliphatic hydroxyl groups is 1. The third kappa shape index (κ3) is 9.16. The summed E-state index contributed by atoms with van der Waals surface area (Å²) in [7, 11) is 0. The minimum atomic E-state index is -0.553. The van der Waals surface area contributed by atoms with E-state index >= 15 is 0 Å². The predicted octanol–water partition coefficient (Wildman–Crippen LogP) is 3.02. The van der Waals surface area contributed by atoms with Crippen molar-refractivity contribution in [1.82, 2.24) is 10.2 Å². The van der Waals surface area contributed by atoms with E-state index in [9.17, 15) is 9.90 Å². The van der Waals surface area contributed by atoms with E-state index in [0.29, 0.717) is 13.1 Å². The van der Waals surface area contributed by atoms with Gasteiger partial charge in [0, 0.05) is 19.6 Å². The summed E-state index contributed by atoms with van der Waals surface area (Å²) in [5, 5.41) is 13.0. The Balaban J connectivity index is 2.32. The maximum absolute atomic E-state index is 12.2. The lowest BCUT2D eigenvalue weighted by Crippen LogP contribution is -2.44. The summed E-state index contributed by atoms with van der Waals surface area (Å²) in [4.78, 5) is 13.8. The molecule has 0 aromatic rings. The van der Waals surface area contributed by atoms with Crippen LogP contribution in [0.5, 0.6) is 0 Å². The molecule has 0 bridgehead atoms. The minimum absolute atomic E-state index is 0.303. The van der Waals surface area contributed by atoms with Crippen LogP contribution in [0, 0.1) is 11.8 Å². The zero-order valence-electron chi connectivity index (χ0n) is 15.6. The molecule has 1 amide bonds. The van der Waals surface area contributed by atoms with Gasteiger partial charge < -0.3 is 20.1 Å². The monoisotopic (exact) mass is 328 g/mol. The molecule has 0 radical (unpaired) electrons. The number of hydrogen-bond acceptors (Lipinski definition) is 4. The smallest absolute Gasteiger partial charge is 0.410 e. The van der Waals surface area contributed by atoms with Gasteiger partial charge in [-0.05, 0) is 58.9 Å². The Morgan fingerprint density at radius 2 is 1.91 bits per heavy atom. The van der Waals surface area contributed by atoms with Crippen molar-refractivity contribution in [2.45, 2.75) is 72.0 Å². The Labute approximate surface area is 141 Å². The second-order valence-electron chi connectivity index (χ2n) is 8.11. The number of nitrogens with zero attached hydrogens (tertiary/aromatic N) is 1. The molecule has 1 unspecified atom stereocenters. The van der Waals surface area contributed by atoms with Crippen LogP contribution < -0.4 is 5.32 Å². The molecule has 1 rings (SSSR count). The maximum atomic E-state index is 12.2. The van der Waals surface area contributed by atoms with Gasteiger partial charge in [-0.15, -0.1) is 0 Å². The third-order valence-corrected chi connectivity index (χ3v) is 4.26. The Kier molecular flexibility index (Phi) is 8.34. The van der Waals surface area contributed by atoms with Gasteiger partial charge >= 0.3 is 6.09 Å². The molecule has 0 heterocycles. The van der Waals surface area contributed by atoms with E-state index in [1.807, 2.05) is 20.8 Å². The van der Waals surface area contributed by atoms with Gasteiger partial charge in [0.05, 0.1) is 6.10 Å². The van der Waals surface area contributed by atoms with Crippen molar-refractivity contribution in [3.63, 3.8) is 0 Å². The lowest BCUT2D eigenvalue weighted by atomic mass is 9.83. The number of amides is 1. The Bertz CT molecular complexity index is 345. The lowest BCUT2D eigenvalue weighted by Gasteiger charge is -2.29. The zero-order valence-corrected chi connectivity index (χ0v) is 15.6. The molecule has 0 saturated heterocycles. The number of carbonyl (C=O) groups excluding carboxylic acids is 1. The van der Waals surface area contributed by atoms with Gasteiger partial charge in [-0.25, -0.2) is 4.79 Å². The summed E-state index contributed by atoms with van der Waals surface area (Å²) in [6, 6.07) is 0. The standard InChI is InChI=1S/C18H36N2O3/c1-14-6-8-16(9-7-14)12-19-10-11-20(13-15(2)21)17(22)23-18(3,4)5/h14-16,19,21H,6-13H2,1-5H3. The lowest BCUT2D eigenvalue weighted by molar-refractivity contribution is 0.0164. The van der Waals surface area contributed by atoms with E-state index in [1.165, 1.54) is 25.7 Å². The third-order valence-electron chi connectivity index (χ3n) is 4.26. The molecule has 1 saturated carbocycles. The molecular weight excluding hydrogens is 292 g/mol. The van der Waals surface area contributed by atoms with Crippen LogP contribution in [0.25, 0.3) is 0 Å². The first-order chi connectivity index (χ1) is 10.7. The molecule has 1 fully saturated rings. The molecule has 0 aliphatic heterocycles. The molecule has 23 heavy (non-hydrogen) atoms. The molecule has 136 valence electrons. The highest BCUT2D eigenvalue weighted by Gasteiger charge is 2.23. The van der Waals surface area contributed by atoms with E-state index in [-0.39, 0.29) is 6.09 Å². The van der Waals surface area contributed by atoms with Crippen molar-refractivity contribution < 1.29 is 14.6 Å². The number of aliphatic hydroxyl groups excluding tert-OH is 1. The number of ether oxygens (including phenoxy) is 1. The maximum Gasteiger partial charge on any atom is 0.410 e. The molecule has 2 N–H and O–H groups in total. The van der Waals surface area contributed by atoms with E-state index in [4.69, 9.17) is 4.74 Å². The van der Waals surface area contributed by atoms with Gasteiger partial charge in [0.1, 0.15) is 5.60 Å². The SMILES string of the molecule is CC(O)CN(CCNCC1CCC(C)CC1)C(=O)OC(C)(C)C. The highest BCUT2D eigenvalue weighted by molar-refractivity contribution is 5.68. The second-order valence-corrected chi connectivity index (χ2v) is 8.11. The zero-order chi connectivity index (χ0) is 17.5. The molecule has 5 heteroatoms. The summed E-state index contributed by atoms with van der Waals surface area (Å²) < 4.78 is 5.41. The summed E-state index contributed by atoms with van der Waals surface area (Å²) in [6.07, 6.45) is 4.36. The summed E-state index contributed by atoms with van der Waals surface area (Å²) in [5.74, 6) is 1.64. The Morgan fingerprint density at radius 1 is 1.30 bits per heavy atom. The largest absolute Gasteiger partial charge is 0.444 e. The predicted molar refractivity (Wildman–Crippen MR) is 93.5 cm³/mol. The van der Waals surface area contributed by atoms with Crippen molar-refractivity contribution in [3.05, 3.63) is 0 Å². The van der Waals surface area contributed by atoms with Gasteiger partial charge in [-0.3, -0.25) is 0 Å². The van der Waals surface area contributed by atoms with Crippen LogP contribution in [0.2, 0.25) is 0 Å². The molecule has 0 spiro atoms. The number of nitrogens with one attached hydrogen (secondary N) is 1. The van der Waals surface area contributed by atoms with Crippen LogP contribution in [0.4, 0.5) is 4.79 Å². The first-order valence-corrected chi connectivity index (χ1v) is 9.04. The highest BCUT2D eigenvalue weighted by atomic mass is 16.6. The Hall–Kier alpha value is -0.810. The summed E-state index contributed by atoms with van der Waals surface area (Å²) in [6.45, 7) is 12.2. The van der Waals surface area contributed by atoms with E-state index in [2.05, 4.69) is 12.2 Å². The Morgan fingerprint density at radius 3 is 2.43 bits per heavy atom. The molecule has 0 aromatic heterocycles. The normalized spacial score (nSPS) is 23.4. The summed E-state index contributed by atoms with van der Waals surface area (Å²) >= 11 is 0. The molecule has 1 aliphatic rings. The molecule has 5 nitrogen and oxygen atoms in total. The van der Waals surface area contributed by atoms with Gasteiger partial charge in [-0.1, -0.05) is 19.8 Å². The van der Waals surface area contributed by atoms with Crippen molar-refractivity contribution in [3.8, 4) is 0 Å². The average Bonchev–Trinajstić information content (AvgIpc) is 2.41. The van der Waals surface area contributed by atoms with Gasteiger partial charge in [0.15, 0.2) is 0 Å². The highest BCUT2D eigenvalue weighted by Crippen LogP contribution is 2.27. The quantitative estimate of drug-likeness (QED) is 0.705. The van der Waals surface area contributed by atoms with Crippen LogP contribution in [-0.4, -0.2) is 54.0 Å². The van der Waals surface area contributed by atoms with Crippen LogP contribution >= 0.6 is 0 Å². The van der Waals surface area contributed by atoms with Crippen LogP contribution in [-0.2, 0) is 4.74 Å². The first-order valence-electron chi connectivity index (χ1n) is 9.04. The summed E-state index contributed by atoms with van der Waals surface area (Å²) in [5.41, 5.74) is -0.514. The van der Waals surface area contributed by atoms with E-state index < -0.39 is 11.7 Å². The molecular formula is C18H36N2O3. The minimum Gasteiger partial charge on any atom is -0.444 e. The fourth-order valence-corrected chi connectivity index (χ4v) is 2.96. The number of hydrogen-bond donors (Lipinski definition) is 2. The van der Waals surface area contributed by atoms with E-state index in [0.717, 1.165) is 24.9 Å². The van der Waals surface area contributed by atoms with E-state index in [1.54, 1.807) is 11.8 Å². The number of rotatable bonds is 7. The second kappa shape index (κ2) is 9.48. The first kappa shape index (κ1) is 20.2. The fraction of sp³-hybridized carbons (Fsp3) is 0.944. The average molecular weight is 328 g/mol.